The standard InChI is InChI=1S/C15H21N3S/c1-12(2)11-16-9-8-14-17-18-15(19-14)10-13-6-4-3-5-7-13/h3-7,12,16H,8-11H2,1-2H3. The molecular formula is C15H21N3S. The highest BCUT2D eigenvalue weighted by molar-refractivity contribution is 7.11. The van der Waals surface area contributed by atoms with E-state index in [1.54, 1.807) is 11.3 Å². The minimum absolute atomic E-state index is 0.697. The quantitative estimate of drug-likeness (QED) is 0.790. The van der Waals surface area contributed by atoms with E-state index in [4.69, 9.17) is 0 Å². The van der Waals surface area contributed by atoms with Crippen LogP contribution in [0.5, 0.6) is 0 Å². The van der Waals surface area contributed by atoms with Crippen LogP contribution in [0.15, 0.2) is 30.3 Å². The fourth-order valence-electron chi connectivity index (χ4n) is 1.82. The van der Waals surface area contributed by atoms with Gasteiger partial charge in [-0.25, -0.2) is 0 Å². The molecule has 19 heavy (non-hydrogen) atoms. The van der Waals surface area contributed by atoms with E-state index in [-0.39, 0.29) is 0 Å². The molecule has 4 heteroatoms. The number of nitrogens with one attached hydrogen (secondary N) is 1. The Kier molecular flexibility index (Phi) is 5.48. The van der Waals surface area contributed by atoms with Gasteiger partial charge >= 0.3 is 0 Å². The molecule has 0 saturated carbocycles. The molecule has 1 aromatic carbocycles. The summed E-state index contributed by atoms with van der Waals surface area (Å²) >= 11 is 1.72. The van der Waals surface area contributed by atoms with Crippen molar-refractivity contribution in [3.8, 4) is 0 Å². The van der Waals surface area contributed by atoms with E-state index in [2.05, 4.69) is 53.6 Å². The molecule has 2 aromatic rings. The first kappa shape index (κ1) is 14.2. The van der Waals surface area contributed by atoms with Gasteiger partial charge < -0.3 is 5.32 Å². The highest BCUT2D eigenvalue weighted by atomic mass is 32.1. The lowest BCUT2D eigenvalue weighted by Crippen LogP contribution is -2.22. The summed E-state index contributed by atoms with van der Waals surface area (Å²) in [6, 6.07) is 10.4. The van der Waals surface area contributed by atoms with Crippen LogP contribution >= 0.6 is 11.3 Å². The molecule has 3 nitrogen and oxygen atoms in total. The van der Waals surface area contributed by atoms with E-state index in [0.29, 0.717) is 5.92 Å². The summed E-state index contributed by atoms with van der Waals surface area (Å²) in [6.07, 6.45) is 1.86. The highest BCUT2D eigenvalue weighted by Gasteiger charge is 2.05. The summed E-state index contributed by atoms with van der Waals surface area (Å²) in [5, 5.41) is 14.2. The monoisotopic (exact) mass is 275 g/mol. The summed E-state index contributed by atoms with van der Waals surface area (Å²) in [6.45, 7) is 6.49. The van der Waals surface area contributed by atoms with Gasteiger partial charge in [0.1, 0.15) is 10.0 Å². The van der Waals surface area contributed by atoms with Crippen molar-refractivity contribution in [3.05, 3.63) is 45.9 Å². The van der Waals surface area contributed by atoms with Gasteiger partial charge in [-0.2, -0.15) is 0 Å². The first-order chi connectivity index (χ1) is 9.24. The molecule has 0 aliphatic rings. The van der Waals surface area contributed by atoms with Gasteiger partial charge in [0.15, 0.2) is 0 Å². The molecule has 0 unspecified atom stereocenters. The largest absolute Gasteiger partial charge is 0.316 e. The predicted molar refractivity (Wildman–Crippen MR) is 80.6 cm³/mol. The second-order valence-electron chi connectivity index (χ2n) is 5.10. The lowest BCUT2D eigenvalue weighted by atomic mass is 10.2. The van der Waals surface area contributed by atoms with Crippen molar-refractivity contribution >= 4 is 11.3 Å². The Balaban J connectivity index is 1.79. The molecule has 0 bridgehead atoms. The minimum Gasteiger partial charge on any atom is -0.316 e. The van der Waals surface area contributed by atoms with Gasteiger partial charge in [-0.1, -0.05) is 44.2 Å². The van der Waals surface area contributed by atoms with Crippen LogP contribution < -0.4 is 5.32 Å². The number of benzene rings is 1. The Morgan fingerprint density at radius 3 is 2.58 bits per heavy atom. The zero-order valence-corrected chi connectivity index (χ0v) is 12.4. The summed E-state index contributed by atoms with van der Waals surface area (Å²) in [4.78, 5) is 0. The molecule has 102 valence electrons. The van der Waals surface area contributed by atoms with E-state index in [1.165, 1.54) is 5.56 Å². The molecule has 0 aliphatic carbocycles. The van der Waals surface area contributed by atoms with E-state index in [0.717, 1.165) is 35.9 Å². The molecule has 0 saturated heterocycles. The van der Waals surface area contributed by atoms with Crippen molar-refractivity contribution in [2.45, 2.75) is 26.7 Å². The van der Waals surface area contributed by atoms with Gasteiger partial charge in [0.2, 0.25) is 0 Å². The average molecular weight is 275 g/mol. The summed E-state index contributed by atoms with van der Waals surface area (Å²) < 4.78 is 0. The molecule has 0 radical (unpaired) electrons. The Hall–Kier alpha value is -1.26. The molecule has 1 heterocycles. The third-order valence-corrected chi connectivity index (χ3v) is 3.76. The summed E-state index contributed by atoms with van der Waals surface area (Å²) in [7, 11) is 0. The van der Waals surface area contributed by atoms with Gasteiger partial charge in [-0.15, -0.1) is 21.5 Å². The molecule has 2 rings (SSSR count). The lowest BCUT2D eigenvalue weighted by Gasteiger charge is -2.05. The van der Waals surface area contributed by atoms with E-state index < -0.39 is 0 Å². The van der Waals surface area contributed by atoms with E-state index >= 15 is 0 Å². The third kappa shape index (κ3) is 5.09. The van der Waals surface area contributed by atoms with Crippen LogP contribution in [0.4, 0.5) is 0 Å². The van der Waals surface area contributed by atoms with Crippen LogP contribution in [0.1, 0.15) is 29.4 Å². The average Bonchev–Trinajstić information content (AvgIpc) is 2.83. The first-order valence-electron chi connectivity index (χ1n) is 6.80. The molecule has 0 aliphatic heterocycles. The van der Waals surface area contributed by atoms with E-state index in [9.17, 15) is 0 Å². The summed E-state index contributed by atoms with van der Waals surface area (Å²) in [5.41, 5.74) is 1.29. The predicted octanol–water partition coefficient (Wildman–Crippen LogP) is 2.92. The Labute approximate surface area is 119 Å². The van der Waals surface area contributed by atoms with Crippen LogP contribution in [0.3, 0.4) is 0 Å². The summed E-state index contributed by atoms with van der Waals surface area (Å²) in [5.74, 6) is 0.697. The van der Waals surface area contributed by atoms with Gasteiger partial charge in [-0.05, 0) is 18.0 Å². The lowest BCUT2D eigenvalue weighted by molar-refractivity contribution is 0.553. The number of aromatic nitrogens is 2. The maximum atomic E-state index is 4.27. The normalized spacial score (nSPS) is 11.1. The van der Waals surface area contributed by atoms with Gasteiger partial charge in [0.25, 0.3) is 0 Å². The van der Waals surface area contributed by atoms with Crippen LogP contribution in [0, 0.1) is 5.92 Å². The molecule has 0 atom stereocenters. The van der Waals surface area contributed by atoms with Crippen molar-refractivity contribution in [2.24, 2.45) is 5.92 Å². The highest BCUT2D eigenvalue weighted by Crippen LogP contribution is 2.14. The van der Waals surface area contributed by atoms with Crippen LogP contribution in [-0.2, 0) is 12.8 Å². The maximum Gasteiger partial charge on any atom is 0.121 e. The van der Waals surface area contributed by atoms with Gasteiger partial charge in [-0.3, -0.25) is 0 Å². The van der Waals surface area contributed by atoms with Crippen LogP contribution in [0.2, 0.25) is 0 Å². The Morgan fingerprint density at radius 2 is 1.84 bits per heavy atom. The van der Waals surface area contributed by atoms with Gasteiger partial charge in [0, 0.05) is 19.4 Å². The molecule has 0 fully saturated rings. The number of nitrogens with zero attached hydrogens (tertiary/aromatic N) is 2. The second kappa shape index (κ2) is 7.36. The Morgan fingerprint density at radius 1 is 1.11 bits per heavy atom. The third-order valence-electron chi connectivity index (χ3n) is 2.78. The number of hydrogen-bond acceptors (Lipinski definition) is 4. The van der Waals surface area contributed by atoms with Crippen LogP contribution in [-0.4, -0.2) is 23.3 Å². The zero-order chi connectivity index (χ0) is 13.5. The number of hydrogen-bond donors (Lipinski definition) is 1. The minimum atomic E-state index is 0.697. The molecule has 0 amide bonds. The fourth-order valence-corrected chi connectivity index (χ4v) is 2.70. The Bertz CT molecular complexity index is 479. The maximum absolute atomic E-state index is 4.27. The fraction of sp³-hybridized carbons (Fsp3) is 0.467. The van der Waals surface area contributed by atoms with Crippen molar-refractivity contribution in [3.63, 3.8) is 0 Å². The van der Waals surface area contributed by atoms with Gasteiger partial charge in [0.05, 0.1) is 0 Å². The smallest absolute Gasteiger partial charge is 0.121 e. The number of rotatable bonds is 7. The zero-order valence-electron chi connectivity index (χ0n) is 11.6. The van der Waals surface area contributed by atoms with Crippen molar-refractivity contribution in [1.29, 1.82) is 0 Å². The van der Waals surface area contributed by atoms with Crippen molar-refractivity contribution in [1.82, 2.24) is 15.5 Å². The van der Waals surface area contributed by atoms with Crippen molar-refractivity contribution in [2.75, 3.05) is 13.1 Å². The second-order valence-corrected chi connectivity index (χ2v) is 6.25. The van der Waals surface area contributed by atoms with Crippen molar-refractivity contribution < 1.29 is 0 Å². The SMILES string of the molecule is CC(C)CNCCc1nnc(Cc2ccccc2)s1. The van der Waals surface area contributed by atoms with Crippen LogP contribution in [0.25, 0.3) is 0 Å². The molecule has 0 spiro atoms. The van der Waals surface area contributed by atoms with E-state index in [1.807, 2.05) is 6.07 Å². The topological polar surface area (TPSA) is 37.8 Å². The molecule has 1 aromatic heterocycles. The first-order valence-corrected chi connectivity index (χ1v) is 7.61. The molecular weight excluding hydrogens is 254 g/mol. The molecule has 1 N–H and O–H groups in total.